The van der Waals surface area contributed by atoms with Gasteiger partial charge in [-0.15, -0.1) is 5.92 Å². The fraction of sp³-hybridized carbons (Fsp3) is 0.513. The first-order chi connectivity index (χ1) is 44.6. The van der Waals surface area contributed by atoms with E-state index in [1.807, 2.05) is 24.3 Å². The van der Waals surface area contributed by atoms with Crippen molar-refractivity contribution in [2.45, 2.75) is 169 Å². The smallest absolute Gasteiger partial charge is 0.160 e. The third kappa shape index (κ3) is 10.6. The van der Waals surface area contributed by atoms with E-state index in [0.29, 0.717) is 63.0 Å². The van der Waals surface area contributed by atoms with Crippen LogP contribution in [-0.2, 0) is 22.4 Å². The molecule has 480 valence electrons. The highest BCUT2D eigenvalue weighted by atomic mass is 16.5. The lowest BCUT2D eigenvalue weighted by Gasteiger charge is -2.67. The van der Waals surface area contributed by atoms with Crippen LogP contribution in [0, 0.1) is 82.4 Å². The maximum absolute atomic E-state index is 15.5. The molecule has 14 heteroatoms. The van der Waals surface area contributed by atoms with Crippen LogP contribution in [0.3, 0.4) is 0 Å². The maximum atomic E-state index is 15.5. The Hall–Kier alpha value is -6.98. The van der Waals surface area contributed by atoms with Gasteiger partial charge >= 0.3 is 0 Å². The van der Waals surface area contributed by atoms with Crippen molar-refractivity contribution < 1.29 is 45.0 Å². The number of Topliss-reactive ketones (excluding diaryl/α,β-unsaturated/α-hetero) is 2. The van der Waals surface area contributed by atoms with Crippen LogP contribution >= 0.6 is 0 Å². The van der Waals surface area contributed by atoms with E-state index in [1.165, 1.54) is 35.1 Å². The van der Waals surface area contributed by atoms with Crippen molar-refractivity contribution in [2.24, 2.45) is 64.4 Å². The van der Waals surface area contributed by atoms with Crippen LogP contribution in [0.5, 0.6) is 11.5 Å². The van der Waals surface area contributed by atoms with Crippen LogP contribution in [-0.4, -0.2) is 110 Å². The summed E-state index contributed by atoms with van der Waals surface area (Å²) < 4.78 is 5.64. The fourth-order valence-corrected chi connectivity index (χ4v) is 20.5. The molecule has 0 radical (unpaired) electrons. The summed E-state index contributed by atoms with van der Waals surface area (Å²) in [5.74, 6) is 14.4. The Morgan fingerprint density at radius 1 is 0.870 bits per heavy atom. The molecule has 1 spiro atoms. The number of aromatic hydroxyl groups is 1. The van der Waals surface area contributed by atoms with Crippen LogP contribution < -0.4 is 26.4 Å². The molecule has 5 fully saturated rings. The number of carbonyl (C=O) groups excluding carboxylic acids is 2. The average Bonchev–Trinajstić information content (AvgIpc) is 1.16. The highest BCUT2D eigenvalue weighted by Crippen LogP contribution is 2.69. The predicted octanol–water partition coefficient (Wildman–Crippen LogP) is 9.05. The zero-order chi connectivity index (χ0) is 63.3. The highest BCUT2D eigenvalue weighted by molar-refractivity contribution is 5.91. The van der Waals surface area contributed by atoms with Gasteiger partial charge in [0, 0.05) is 90.8 Å². The number of hydrogen-bond donors (Lipinski definition) is 11. The summed E-state index contributed by atoms with van der Waals surface area (Å²) in [6.07, 6.45) is 10.6. The Morgan fingerprint density at radius 2 is 1.70 bits per heavy atom. The molecule has 5 aromatic rings. The number of nitrogens with two attached hydrogens (primary N) is 1. The molecule has 0 unspecified atom stereocenters. The normalized spacial score (nSPS) is 35.1. The van der Waals surface area contributed by atoms with Gasteiger partial charge in [-0.3, -0.25) is 9.59 Å². The van der Waals surface area contributed by atoms with E-state index < -0.39 is 35.9 Å². The molecule has 2 bridgehead atoms. The number of phenolic OH excluding ortho intramolecular Hbond substituents is 1. The van der Waals surface area contributed by atoms with E-state index >= 15 is 4.79 Å². The number of H-pyrrole nitrogens is 1. The van der Waals surface area contributed by atoms with Crippen molar-refractivity contribution in [1.29, 1.82) is 0 Å². The second-order valence-corrected chi connectivity index (χ2v) is 29.4. The topological polar surface area (TPSA) is 243 Å². The zero-order valence-corrected chi connectivity index (χ0v) is 52.9. The van der Waals surface area contributed by atoms with Gasteiger partial charge < -0.3 is 62.0 Å². The van der Waals surface area contributed by atoms with E-state index in [9.17, 15) is 35.4 Å². The summed E-state index contributed by atoms with van der Waals surface area (Å²) in [5.41, 5.74) is 14.1. The van der Waals surface area contributed by atoms with Crippen molar-refractivity contribution >= 4 is 27.9 Å². The van der Waals surface area contributed by atoms with Crippen LogP contribution in [0.2, 0.25) is 0 Å². The number of methoxy groups -OCH3 is 1. The molecule has 3 aliphatic heterocycles. The Balaban J connectivity index is 0.798. The van der Waals surface area contributed by atoms with Crippen molar-refractivity contribution in [3.05, 3.63) is 160 Å². The summed E-state index contributed by atoms with van der Waals surface area (Å²) >= 11 is 0. The number of allylic oxidation sites excluding steroid dienone is 4. The van der Waals surface area contributed by atoms with Gasteiger partial charge in [0.1, 0.15) is 11.2 Å². The number of fused-ring (bicyclic) bond motifs is 7. The summed E-state index contributed by atoms with van der Waals surface area (Å²) in [6.45, 7) is 3.57. The molecule has 7 aliphatic carbocycles. The summed E-state index contributed by atoms with van der Waals surface area (Å²) in [7, 11) is 1.49. The molecule has 92 heavy (non-hydrogen) atoms. The molecule has 12 N–H and O–H groups in total. The Labute approximate surface area is 540 Å². The number of aromatic amines is 1. The van der Waals surface area contributed by atoms with Gasteiger partial charge in [0.15, 0.2) is 23.6 Å². The minimum atomic E-state index is -1.52. The number of dihydropyridines is 1. The highest BCUT2D eigenvalue weighted by Gasteiger charge is 2.67. The molecular formula is C78H89N5O9. The van der Waals surface area contributed by atoms with Gasteiger partial charge in [0.2, 0.25) is 0 Å². The number of aryl methyl sites for hydroxylation is 1. The number of ether oxygens (including phenoxy) is 1. The number of ketones is 2. The first kappa shape index (κ1) is 61.2. The van der Waals surface area contributed by atoms with E-state index in [4.69, 9.17) is 10.5 Å². The molecule has 4 aromatic carbocycles. The number of nitrogens with one attached hydrogen (secondary N) is 4. The minimum absolute atomic E-state index is 0.00510. The quantitative estimate of drug-likeness (QED) is 0.0368. The zero-order valence-electron chi connectivity index (χ0n) is 52.9. The first-order valence-corrected chi connectivity index (χ1v) is 34.3. The van der Waals surface area contributed by atoms with E-state index in [1.54, 1.807) is 12.1 Å². The van der Waals surface area contributed by atoms with Gasteiger partial charge in [-0.25, -0.2) is 0 Å². The third-order valence-electron chi connectivity index (χ3n) is 24.7. The second-order valence-electron chi connectivity index (χ2n) is 29.4. The van der Waals surface area contributed by atoms with Gasteiger partial charge in [-0.05, 0) is 199 Å². The number of phenols is 1. The Bertz CT molecular complexity index is 3920. The Kier molecular flexibility index (Phi) is 16.2. The van der Waals surface area contributed by atoms with Crippen LogP contribution in [0.25, 0.3) is 16.3 Å². The second kappa shape index (κ2) is 24.4. The minimum Gasteiger partial charge on any atom is -0.504 e. The largest absolute Gasteiger partial charge is 0.504 e. The molecule has 10 aliphatic rings. The SMILES string of the molecule is COc1cc2c(cc1O)[C@@H](C[C@H](O)[C@H](O)C[C@H](C1=CCNC(N)=C1)c1ccc3ccccc3c1)C#C[C@@]1(CC[C@@H]([C@H]3[C@@H](CCC(O)O)[C@H]4[C@@H]5[C@@H]6c7[nH]cc8c7[C@H]7[C@H]5[C@H](CC(=O)[C@@H]7C=C8Cc5ccccc5)N[C@H]4CC#C[C@H]4CCC[C@]4(C)NC[C@@H]63)C[C@H]1O)C(=O)CC2. The molecule has 1 saturated heterocycles. The average molecular weight is 1240 g/mol. The standard InChI is InChI=1S/C78H89N5O9/c1-77-26-9-15-51(77)14-8-16-58-70-52(20-22-68(90)91)69(57(41-82-77)73-75(70)74-59(83-58)39-60(84)55-32-50(30-42-10-4-3-5-11-42)56-40-81-76(73)72(56)71(55)74)49-24-28-78(66(89)35-49)27-23-47(54-38-63(87)64(92-2)34-46(54)19-21-65(78)88)33-61(85)62(86)37-53(48-25-29-80-67(79)36-48)45-18-17-43-12-6-7-13-44(43)31-45/h3-7,10-13,17-18,25,31-32,34,36,38,40,47,49,51-53,55,57-59,61-62,66,68-71,73-75,80-83,85-87,89-91H,9,15-16,19-22,24,26,28-30,33,35,37,39,41,79H2,1-2H3/t47-,49-,51+,52-,53+,55+,57-,58+,59+,61+,62-,66-,69+,70-,71+,73-,74-,75-,77+,78-/m1/s1. The van der Waals surface area contributed by atoms with Crippen molar-refractivity contribution in [3.63, 3.8) is 0 Å². The number of benzene rings is 4. The van der Waals surface area contributed by atoms with Crippen molar-refractivity contribution in [2.75, 3.05) is 20.2 Å². The van der Waals surface area contributed by atoms with Crippen LogP contribution in [0.1, 0.15) is 153 Å². The molecule has 20 atom stereocenters. The number of carbonyl (C=O) groups is 2. The molecule has 0 amide bonds. The van der Waals surface area contributed by atoms with E-state index in [2.05, 4.69) is 124 Å². The first-order valence-electron chi connectivity index (χ1n) is 34.3. The molecule has 4 heterocycles. The van der Waals surface area contributed by atoms with Crippen molar-refractivity contribution in [1.82, 2.24) is 20.9 Å². The molecular weight excluding hydrogens is 1150 g/mol. The third-order valence-corrected chi connectivity index (χ3v) is 24.7. The monoisotopic (exact) mass is 1240 g/mol. The van der Waals surface area contributed by atoms with Gasteiger partial charge in [-0.1, -0.05) is 109 Å². The summed E-state index contributed by atoms with van der Waals surface area (Å²) in [6, 6.07) is 28.2. The molecule has 1 aromatic heterocycles. The number of aliphatic hydroxyl groups excluding tert-OH is 4. The fourth-order valence-electron chi connectivity index (χ4n) is 20.5. The number of aromatic nitrogens is 1. The maximum Gasteiger partial charge on any atom is 0.160 e. The van der Waals surface area contributed by atoms with Crippen LogP contribution in [0.4, 0.5) is 0 Å². The number of aliphatic hydroxyl groups is 5. The van der Waals surface area contributed by atoms with Crippen molar-refractivity contribution in [3.8, 4) is 35.2 Å². The lowest BCUT2D eigenvalue weighted by molar-refractivity contribution is -0.149. The van der Waals surface area contributed by atoms with Gasteiger partial charge in [0.25, 0.3) is 0 Å². The lowest BCUT2D eigenvalue weighted by atomic mass is 9.40. The number of hydrogen-bond acceptors (Lipinski definition) is 13. The summed E-state index contributed by atoms with van der Waals surface area (Å²) in [5, 5.41) is 85.2. The van der Waals surface area contributed by atoms with Gasteiger partial charge in [-0.2, -0.15) is 0 Å². The Morgan fingerprint density at radius 3 is 2.50 bits per heavy atom. The predicted molar refractivity (Wildman–Crippen MR) is 353 cm³/mol. The molecule has 4 saturated carbocycles. The lowest BCUT2D eigenvalue weighted by Crippen LogP contribution is -2.70. The van der Waals surface area contributed by atoms with E-state index in [0.717, 1.165) is 53.2 Å². The van der Waals surface area contributed by atoms with E-state index in [-0.39, 0.29) is 144 Å². The summed E-state index contributed by atoms with van der Waals surface area (Å²) in [4.78, 5) is 34.3. The molecule has 15 rings (SSSR count). The number of rotatable bonds is 14. The molecule has 14 nitrogen and oxygen atoms in total. The van der Waals surface area contributed by atoms with Gasteiger partial charge in [0.05, 0.1) is 31.2 Å². The van der Waals surface area contributed by atoms with Crippen LogP contribution in [0.15, 0.2) is 121 Å². The number of piperidine rings is 1.